The molecule has 0 spiro atoms. The predicted molar refractivity (Wildman–Crippen MR) is 74.3 cm³/mol. The van der Waals surface area contributed by atoms with E-state index in [0.29, 0.717) is 5.88 Å². The van der Waals surface area contributed by atoms with Crippen LogP contribution in [0.2, 0.25) is 0 Å². The van der Waals surface area contributed by atoms with Crippen molar-refractivity contribution in [2.45, 2.75) is 26.7 Å². The van der Waals surface area contributed by atoms with Crippen molar-refractivity contribution in [2.75, 3.05) is 10.6 Å². The Morgan fingerprint density at radius 2 is 1.84 bits per heavy atom. The van der Waals surface area contributed by atoms with Crippen LogP contribution in [0, 0.1) is 0 Å². The fourth-order valence-electron chi connectivity index (χ4n) is 1.94. The van der Waals surface area contributed by atoms with Crippen LogP contribution in [0.5, 0.6) is 0 Å². The maximum absolute atomic E-state index is 11.9. The lowest BCUT2D eigenvalue weighted by atomic mass is 10.0. The zero-order valence-electron chi connectivity index (χ0n) is 11.1. The van der Waals surface area contributed by atoms with Crippen molar-refractivity contribution in [2.24, 2.45) is 0 Å². The highest BCUT2D eigenvalue weighted by Gasteiger charge is 2.10. The van der Waals surface area contributed by atoms with Crippen LogP contribution in [0.4, 0.5) is 16.4 Å². The Kier molecular flexibility index (Phi) is 4.18. The molecule has 2 rings (SSSR count). The second-order valence-electron chi connectivity index (χ2n) is 4.11. The van der Waals surface area contributed by atoms with E-state index in [2.05, 4.69) is 29.6 Å². The van der Waals surface area contributed by atoms with Gasteiger partial charge >= 0.3 is 6.03 Å². The third-order valence-electron chi connectivity index (χ3n) is 2.91. The van der Waals surface area contributed by atoms with Crippen LogP contribution in [0.25, 0.3) is 0 Å². The first-order valence-electron chi connectivity index (χ1n) is 6.34. The molecule has 0 atom stereocenters. The molecule has 1 aromatic heterocycles. The normalized spacial score (nSPS) is 10.2. The van der Waals surface area contributed by atoms with E-state index in [-0.39, 0.29) is 6.03 Å². The van der Waals surface area contributed by atoms with Gasteiger partial charge in [0, 0.05) is 11.8 Å². The molecular weight excluding hydrogens is 242 g/mol. The Labute approximate surface area is 112 Å². The summed E-state index contributed by atoms with van der Waals surface area (Å²) in [5.41, 5.74) is 3.11. The van der Waals surface area contributed by atoms with Crippen molar-refractivity contribution < 1.29 is 9.32 Å². The van der Waals surface area contributed by atoms with Gasteiger partial charge in [-0.2, -0.15) is 0 Å². The zero-order chi connectivity index (χ0) is 13.7. The molecule has 0 saturated heterocycles. The van der Waals surface area contributed by atoms with E-state index in [4.69, 9.17) is 4.52 Å². The zero-order valence-corrected chi connectivity index (χ0v) is 11.1. The van der Waals surface area contributed by atoms with E-state index < -0.39 is 0 Å². The summed E-state index contributed by atoms with van der Waals surface area (Å²) >= 11 is 0. The van der Waals surface area contributed by atoms with Crippen LogP contribution in [0.15, 0.2) is 35.0 Å². The molecule has 19 heavy (non-hydrogen) atoms. The highest BCUT2D eigenvalue weighted by atomic mass is 16.5. The van der Waals surface area contributed by atoms with Gasteiger partial charge < -0.3 is 9.84 Å². The lowest BCUT2D eigenvalue weighted by Gasteiger charge is -2.14. The third-order valence-corrected chi connectivity index (χ3v) is 2.91. The molecule has 2 N–H and O–H groups in total. The summed E-state index contributed by atoms with van der Waals surface area (Å²) in [5.74, 6) is 0.324. The van der Waals surface area contributed by atoms with Crippen LogP contribution >= 0.6 is 0 Å². The molecule has 2 aromatic rings. The van der Waals surface area contributed by atoms with Gasteiger partial charge in [-0.1, -0.05) is 37.2 Å². The second-order valence-corrected chi connectivity index (χ2v) is 4.11. The predicted octanol–water partition coefficient (Wildman–Crippen LogP) is 3.44. The Morgan fingerprint density at radius 3 is 2.37 bits per heavy atom. The number of urea groups is 1. The molecule has 5 nitrogen and oxygen atoms in total. The fourth-order valence-corrected chi connectivity index (χ4v) is 1.94. The maximum Gasteiger partial charge on any atom is 0.326 e. The van der Waals surface area contributed by atoms with Crippen molar-refractivity contribution >= 4 is 17.6 Å². The molecule has 2 amide bonds. The van der Waals surface area contributed by atoms with Crippen molar-refractivity contribution in [1.82, 2.24) is 5.16 Å². The minimum absolute atomic E-state index is 0.324. The highest BCUT2D eigenvalue weighted by molar-refractivity contribution is 5.99. The lowest BCUT2D eigenvalue weighted by Crippen LogP contribution is -2.20. The van der Waals surface area contributed by atoms with Crippen molar-refractivity contribution in [1.29, 1.82) is 0 Å². The number of hydrogen-bond acceptors (Lipinski definition) is 3. The first-order chi connectivity index (χ1) is 9.24. The Hall–Kier alpha value is -2.30. The highest BCUT2D eigenvalue weighted by Crippen LogP contribution is 2.22. The topological polar surface area (TPSA) is 67.2 Å². The Bertz CT molecular complexity index is 528. The molecule has 0 aliphatic carbocycles. The summed E-state index contributed by atoms with van der Waals surface area (Å²) in [6.07, 6.45) is 3.21. The molecule has 0 unspecified atom stereocenters. The van der Waals surface area contributed by atoms with E-state index in [9.17, 15) is 4.79 Å². The molecule has 0 radical (unpaired) electrons. The van der Waals surface area contributed by atoms with E-state index in [1.54, 1.807) is 6.07 Å². The fraction of sp³-hybridized carbons (Fsp3) is 0.286. The minimum atomic E-state index is -0.327. The van der Waals surface area contributed by atoms with Crippen LogP contribution in [0.1, 0.15) is 25.0 Å². The summed E-state index contributed by atoms with van der Waals surface area (Å²) in [7, 11) is 0. The smallest absolute Gasteiger partial charge is 0.326 e. The maximum atomic E-state index is 11.9. The monoisotopic (exact) mass is 259 g/mol. The number of aryl methyl sites for hydroxylation is 2. The summed E-state index contributed by atoms with van der Waals surface area (Å²) in [4.78, 5) is 11.9. The van der Waals surface area contributed by atoms with Gasteiger partial charge in [-0.25, -0.2) is 4.79 Å². The summed E-state index contributed by atoms with van der Waals surface area (Å²) in [6.45, 7) is 4.13. The molecule has 1 heterocycles. The third kappa shape index (κ3) is 3.13. The van der Waals surface area contributed by atoms with E-state index >= 15 is 0 Å². The van der Waals surface area contributed by atoms with Gasteiger partial charge in [0.15, 0.2) is 0 Å². The number of aromatic nitrogens is 1. The number of nitrogens with zero attached hydrogens (tertiary/aromatic N) is 1. The molecule has 0 saturated carbocycles. The first kappa shape index (κ1) is 13.1. The van der Waals surface area contributed by atoms with Crippen LogP contribution in [-0.4, -0.2) is 11.2 Å². The molecule has 0 bridgehead atoms. The summed E-state index contributed by atoms with van der Waals surface area (Å²) < 4.78 is 4.83. The van der Waals surface area contributed by atoms with Crippen LogP contribution < -0.4 is 10.6 Å². The van der Waals surface area contributed by atoms with E-state index in [1.807, 2.05) is 18.2 Å². The summed E-state index contributed by atoms with van der Waals surface area (Å²) in [5, 5.41) is 9.01. The molecule has 1 aromatic carbocycles. The number of anilines is 2. The molecule has 0 aliphatic rings. The van der Waals surface area contributed by atoms with Gasteiger partial charge in [-0.15, -0.1) is 0 Å². The van der Waals surface area contributed by atoms with Gasteiger partial charge in [0.05, 0.1) is 6.20 Å². The van der Waals surface area contributed by atoms with Crippen LogP contribution in [0.3, 0.4) is 0 Å². The largest absolute Gasteiger partial charge is 0.338 e. The molecule has 0 aliphatic heterocycles. The number of amides is 2. The van der Waals surface area contributed by atoms with Gasteiger partial charge in [0.1, 0.15) is 0 Å². The quantitative estimate of drug-likeness (QED) is 0.883. The average molecular weight is 259 g/mol. The Morgan fingerprint density at radius 1 is 1.16 bits per heavy atom. The van der Waals surface area contributed by atoms with Gasteiger partial charge in [0.25, 0.3) is 0 Å². The number of nitrogens with one attached hydrogen (secondary N) is 2. The van der Waals surface area contributed by atoms with Gasteiger partial charge in [0.2, 0.25) is 5.88 Å². The van der Waals surface area contributed by atoms with Gasteiger partial charge in [-0.05, 0) is 24.0 Å². The number of para-hydroxylation sites is 1. The van der Waals surface area contributed by atoms with Crippen molar-refractivity contribution in [3.05, 3.63) is 41.6 Å². The first-order valence-corrected chi connectivity index (χ1v) is 6.34. The second kappa shape index (κ2) is 6.04. The molecule has 5 heteroatoms. The molecule has 100 valence electrons. The molecule has 0 fully saturated rings. The Balaban J connectivity index is 2.15. The van der Waals surface area contributed by atoms with Gasteiger partial charge in [-0.3, -0.25) is 5.32 Å². The van der Waals surface area contributed by atoms with Crippen LogP contribution in [-0.2, 0) is 12.8 Å². The number of carbonyl (C=O) groups excluding carboxylic acids is 1. The summed E-state index contributed by atoms with van der Waals surface area (Å²) in [6, 6.07) is 7.31. The number of carbonyl (C=O) groups is 1. The van der Waals surface area contributed by atoms with Crippen molar-refractivity contribution in [3.8, 4) is 0 Å². The van der Waals surface area contributed by atoms with E-state index in [1.165, 1.54) is 6.20 Å². The lowest BCUT2D eigenvalue weighted by molar-refractivity contribution is 0.261. The number of hydrogen-bond donors (Lipinski definition) is 2. The number of rotatable bonds is 4. The SMILES string of the molecule is CCc1cccc(CC)c1NC(=O)Nc1ccno1. The number of benzene rings is 1. The standard InChI is InChI=1S/C14H17N3O2/c1-3-10-6-5-7-11(4-2)13(10)17-14(18)16-12-8-9-15-19-12/h5-9H,3-4H2,1-2H3,(H2,16,17,18). The minimum Gasteiger partial charge on any atom is -0.338 e. The average Bonchev–Trinajstić information content (AvgIpc) is 2.91. The molecular formula is C14H17N3O2. The van der Waals surface area contributed by atoms with E-state index in [0.717, 1.165) is 29.7 Å². The van der Waals surface area contributed by atoms with Crippen molar-refractivity contribution in [3.63, 3.8) is 0 Å².